The van der Waals surface area contributed by atoms with Crippen LogP contribution in [0.3, 0.4) is 0 Å². The van der Waals surface area contributed by atoms with E-state index in [2.05, 4.69) is 10.3 Å². The molecule has 3 rings (SSSR count). The molecule has 0 radical (unpaired) electrons. The second-order valence-electron chi connectivity index (χ2n) is 5.61. The highest BCUT2D eigenvalue weighted by atomic mass is 19.1. The molecule has 4 nitrogen and oxygen atoms in total. The molecule has 0 saturated carbocycles. The van der Waals surface area contributed by atoms with Crippen molar-refractivity contribution in [2.75, 3.05) is 19.5 Å². The third kappa shape index (κ3) is 3.33. The van der Waals surface area contributed by atoms with Crippen molar-refractivity contribution in [2.24, 2.45) is 0 Å². The first-order chi connectivity index (χ1) is 12.0. The van der Waals surface area contributed by atoms with Crippen molar-refractivity contribution in [3.05, 3.63) is 59.8 Å². The largest absolute Gasteiger partial charge is 0.493 e. The Balaban J connectivity index is 1.96. The Morgan fingerprint density at radius 1 is 1.00 bits per heavy atom. The van der Waals surface area contributed by atoms with Gasteiger partial charge in [-0.25, -0.2) is 8.78 Å². The average Bonchev–Trinajstić information content (AvgIpc) is 2.61. The SMILES string of the molecule is COc1cc(F)c(C(C)Nc2ccnc3cc(F)ccc23)cc1OC. The topological polar surface area (TPSA) is 43.4 Å². The van der Waals surface area contributed by atoms with Crippen LogP contribution in [0.15, 0.2) is 42.6 Å². The van der Waals surface area contributed by atoms with Crippen LogP contribution in [0.2, 0.25) is 0 Å². The average molecular weight is 344 g/mol. The van der Waals surface area contributed by atoms with Gasteiger partial charge >= 0.3 is 0 Å². The van der Waals surface area contributed by atoms with E-state index in [1.165, 1.54) is 32.4 Å². The van der Waals surface area contributed by atoms with Gasteiger partial charge in [-0.3, -0.25) is 4.98 Å². The van der Waals surface area contributed by atoms with Crippen molar-refractivity contribution >= 4 is 16.6 Å². The number of fused-ring (bicyclic) bond motifs is 1. The van der Waals surface area contributed by atoms with Crippen molar-refractivity contribution in [2.45, 2.75) is 13.0 Å². The van der Waals surface area contributed by atoms with Gasteiger partial charge < -0.3 is 14.8 Å². The van der Waals surface area contributed by atoms with Crippen LogP contribution in [-0.4, -0.2) is 19.2 Å². The zero-order valence-electron chi connectivity index (χ0n) is 14.1. The van der Waals surface area contributed by atoms with Crippen molar-refractivity contribution in [3.63, 3.8) is 0 Å². The van der Waals surface area contributed by atoms with Crippen LogP contribution in [0.25, 0.3) is 10.9 Å². The molecule has 1 unspecified atom stereocenters. The molecule has 1 N–H and O–H groups in total. The molecule has 0 aliphatic heterocycles. The van der Waals surface area contributed by atoms with Crippen LogP contribution >= 0.6 is 0 Å². The second-order valence-corrected chi connectivity index (χ2v) is 5.61. The number of pyridine rings is 1. The van der Waals surface area contributed by atoms with E-state index in [1.807, 2.05) is 6.92 Å². The standard InChI is InChI=1S/C19H18F2N2O2/c1-11(14-9-18(24-2)19(25-3)10-15(14)21)23-16-6-7-22-17-8-12(20)4-5-13(16)17/h4-11H,1-3H3,(H,22,23). The fraction of sp³-hybridized carbons (Fsp3) is 0.211. The summed E-state index contributed by atoms with van der Waals surface area (Å²) >= 11 is 0. The quantitative estimate of drug-likeness (QED) is 0.728. The molecule has 0 aliphatic rings. The molecular formula is C19H18F2N2O2. The molecule has 3 aromatic rings. The highest BCUT2D eigenvalue weighted by Gasteiger charge is 2.17. The van der Waals surface area contributed by atoms with Crippen LogP contribution in [0.4, 0.5) is 14.5 Å². The minimum atomic E-state index is -0.401. The molecule has 0 amide bonds. The zero-order valence-corrected chi connectivity index (χ0v) is 14.1. The van der Waals surface area contributed by atoms with E-state index in [0.29, 0.717) is 22.6 Å². The van der Waals surface area contributed by atoms with E-state index >= 15 is 0 Å². The van der Waals surface area contributed by atoms with Crippen LogP contribution in [0.5, 0.6) is 11.5 Å². The van der Waals surface area contributed by atoms with Crippen molar-refractivity contribution in [1.82, 2.24) is 4.98 Å². The molecule has 6 heteroatoms. The first-order valence-electron chi connectivity index (χ1n) is 7.75. The van der Waals surface area contributed by atoms with Gasteiger partial charge in [-0.1, -0.05) is 0 Å². The van der Waals surface area contributed by atoms with Crippen molar-refractivity contribution in [3.8, 4) is 11.5 Å². The first kappa shape index (κ1) is 17.0. The third-order valence-corrected chi connectivity index (χ3v) is 4.05. The van der Waals surface area contributed by atoms with Crippen molar-refractivity contribution in [1.29, 1.82) is 0 Å². The number of nitrogens with zero attached hydrogens (tertiary/aromatic N) is 1. The minimum Gasteiger partial charge on any atom is -0.493 e. The van der Waals surface area contributed by atoms with Gasteiger partial charge in [-0.05, 0) is 31.2 Å². The highest BCUT2D eigenvalue weighted by molar-refractivity contribution is 5.91. The van der Waals surface area contributed by atoms with Crippen LogP contribution in [0.1, 0.15) is 18.5 Å². The van der Waals surface area contributed by atoms with Gasteiger partial charge in [0, 0.05) is 35.0 Å². The van der Waals surface area contributed by atoms with E-state index < -0.39 is 5.82 Å². The van der Waals surface area contributed by atoms with Gasteiger partial charge in [0.25, 0.3) is 0 Å². The minimum absolute atomic E-state index is 0.334. The summed E-state index contributed by atoms with van der Waals surface area (Å²) in [6.07, 6.45) is 1.59. The van der Waals surface area contributed by atoms with Gasteiger partial charge in [0.1, 0.15) is 11.6 Å². The predicted molar refractivity (Wildman–Crippen MR) is 93.2 cm³/mol. The van der Waals surface area contributed by atoms with Crippen LogP contribution < -0.4 is 14.8 Å². The molecule has 2 aromatic carbocycles. The molecular weight excluding hydrogens is 326 g/mol. The number of aromatic nitrogens is 1. The van der Waals surface area contributed by atoms with Gasteiger partial charge in [0.05, 0.1) is 25.8 Å². The Kier molecular flexibility index (Phi) is 4.70. The maximum atomic E-state index is 14.4. The highest BCUT2D eigenvalue weighted by Crippen LogP contribution is 2.34. The predicted octanol–water partition coefficient (Wildman–Crippen LogP) is 4.70. The van der Waals surface area contributed by atoms with E-state index in [-0.39, 0.29) is 11.9 Å². The zero-order chi connectivity index (χ0) is 18.0. The molecule has 1 aromatic heterocycles. The number of hydrogen-bond donors (Lipinski definition) is 1. The Bertz CT molecular complexity index is 915. The van der Waals surface area contributed by atoms with Gasteiger partial charge in [-0.2, -0.15) is 0 Å². The normalized spacial score (nSPS) is 12.0. The molecule has 0 bridgehead atoms. The maximum absolute atomic E-state index is 14.4. The maximum Gasteiger partial charge on any atom is 0.163 e. The number of anilines is 1. The smallest absolute Gasteiger partial charge is 0.163 e. The number of methoxy groups -OCH3 is 2. The lowest BCUT2D eigenvalue weighted by Crippen LogP contribution is -2.10. The molecule has 0 saturated heterocycles. The fourth-order valence-electron chi connectivity index (χ4n) is 2.76. The molecule has 25 heavy (non-hydrogen) atoms. The summed E-state index contributed by atoms with van der Waals surface area (Å²) in [7, 11) is 2.96. The lowest BCUT2D eigenvalue weighted by Gasteiger charge is -2.19. The van der Waals surface area contributed by atoms with Gasteiger partial charge in [-0.15, -0.1) is 0 Å². The molecule has 0 aliphatic carbocycles. The van der Waals surface area contributed by atoms with E-state index in [4.69, 9.17) is 9.47 Å². The molecule has 1 atom stereocenters. The summed E-state index contributed by atoms with van der Waals surface area (Å²) in [6, 6.07) is 8.71. The van der Waals surface area contributed by atoms with E-state index in [0.717, 1.165) is 11.1 Å². The monoisotopic (exact) mass is 344 g/mol. The number of rotatable bonds is 5. The number of ether oxygens (including phenoxy) is 2. The third-order valence-electron chi connectivity index (χ3n) is 4.05. The number of hydrogen-bond acceptors (Lipinski definition) is 4. The number of nitrogens with one attached hydrogen (secondary N) is 1. The van der Waals surface area contributed by atoms with E-state index in [9.17, 15) is 8.78 Å². The van der Waals surface area contributed by atoms with Gasteiger partial charge in [0.2, 0.25) is 0 Å². The Labute approximate surface area is 144 Å². The van der Waals surface area contributed by atoms with Crippen LogP contribution in [-0.2, 0) is 0 Å². The molecule has 130 valence electrons. The number of halogens is 2. The van der Waals surface area contributed by atoms with Crippen LogP contribution in [0, 0.1) is 11.6 Å². The van der Waals surface area contributed by atoms with E-state index in [1.54, 1.807) is 24.4 Å². The Morgan fingerprint density at radius 2 is 1.72 bits per heavy atom. The summed E-state index contributed by atoms with van der Waals surface area (Å²) in [5, 5.41) is 4.01. The Hall–Kier alpha value is -2.89. The van der Waals surface area contributed by atoms with Crippen molar-refractivity contribution < 1.29 is 18.3 Å². The number of benzene rings is 2. The Morgan fingerprint density at radius 3 is 2.44 bits per heavy atom. The summed E-state index contributed by atoms with van der Waals surface area (Å²) < 4.78 is 38.2. The molecule has 0 spiro atoms. The summed E-state index contributed by atoms with van der Waals surface area (Å²) in [6.45, 7) is 1.83. The van der Waals surface area contributed by atoms with Gasteiger partial charge in [0.15, 0.2) is 11.5 Å². The lowest BCUT2D eigenvalue weighted by molar-refractivity contribution is 0.351. The lowest BCUT2D eigenvalue weighted by atomic mass is 10.1. The summed E-state index contributed by atoms with van der Waals surface area (Å²) in [5.41, 5.74) is 1.71. The molecule has 0 fully saturated rings. The first-order valence-corrected chi connectivity index (χ1v) is 7.75. The fourth-order valence-corrected chi connectivity index (χ4v) is 2.76. The molecule has 1 heterocycles. The summed E-state index contributed by atoms with van der Waals surface area (Å²) in [4.78, 5) is 4.16. The summed E-state index contributed by atoms with van der Waals surface area (Å²) in [5.74, 6) is 0.0354. The second kappa shape index (κ2) is 6.93.